The second-order valence-electron chi connectivity index (χ2n) is 5.47. The van der Waals surface area contributed by atoms with Crippen LogP contribution in [0.2, 0.25) is 0 Å². The van der Waals surface area contributed by atoms with Crippen LogP contribution in [0, 0.1) is 11.6 Å². The molecule has 130 valence electrons. The number of amides is 2. The number of nitrogens with two attached hydrogens (primary N) is 1. The highest BCUT2D eigenvalue weighted by Gasteiger charge is 2.56. The molecule has 0 bridgehead atoms. The summed E-state index contributed by atoms with van der Waals surface area (Å²) in [6.45, 7) is 1.24. The quantitative estimate of drug-likeness (QED) is 0.888. The largest absolute Gasteiger partial charge is 0.368 e. The first-order chi connectivity index (χ1) is 11.9. The molecule has 2 heterocycles. The zero-order valence-electron chi connectivity index (χ0n) is 13.3. The highest BCUT2D eigenvalue weighted by atomic mass is 19.1. The van der Waals surface area contributed by atoms with Crippen molar-refractivity contribution in [2.75, 3.05) is 18.1 Å². The smallest absolute Gasteiger partial charge is 0.270 e. The van der Waals surface area contributed by atoms with E-state index >= 15 is 0 Å². The van der Waals surface area contributed by atoms with E-state index in [0.717, 1.165) is 23.1 Å². The predicted octanol–water partition coefficient (Wildman–Crippen LogP) is 1.47. The molecule has 1 aromatic heterocycles. The summed E-state index contributed by atoms with van der Waals surface area (Å²) < 4.78 is 33.7. The van der Waals surface area contributed by atoms with Crippen molar-refractivity contribution >= 4 is 17.6 Å². The van der Waals surface area contributed by atoms with E-state index in [2.05, 4.69) is 4.98 Å². The number of anilines is 1. The van der Waals surface area contributed by atoms with E-state index in [1.54, 1.807) is 6.92 Å². The van der Waals surface area contributed by atoms with Gasteiger partial charge in [-0.2, -0.15) is 0 Å². The fourth-order valence-corrected chi connectivity index (χ4v) is 3.04. The summed E-state index contributed by atoms with van der Waals surface area (Å²) in [6.07, 6.45) is 1.18. The molecule has 0 fully saturated rings. The maximum Gasteiger partial charge on any atom is 0.270 e. The Balaban J connectivity index is 2.29. The first-order valence-electron chi connectivity index (χ1n) is 7.57. The number of aromatic nitrogens is 1. The third kappa shape index (κ3) is 2.54. The molecule has 25 heavy (non-hydrogen) atoms. The Morgan fingerprint density at radius 2 is 1.96 bits per heavy atom. The van der Waals surface area contributed by atoms with E-state index in [4.69, 9.17) is 10.5 Å². The van der Waals surface area contributed by atoms with E-state index in [1.165, 1.54) is 18.3 Å². The minimum atomic E-state index is -1.86. The van der Waals surface area contributed by atoms with Gasteiger partial charge in [-0.3, -0.25) is 14.5 Å². The summed E-state index contributed by atoms with van der Waals surface area (Å²) in [7, 11) is 0. The van der Waals surface area contributed by atoms with Crippen LogP contribution in [-0.4, -0.2) is 29.9 Å². The average Bonchev–Trinajstić information content (AvgIpc) is 2.80. The molecule has 0 saturated carbocycles. The minimum absolute atomic E-state index is 0.0402. The molecule has 2 N–H and O–H groups in total. The Morgan fingerprint density at radius 3 is 2.56 bits per heavy atom. The van der Waals surface area contributed by atoms with Crippen molar-refractivity contribution in [3.05, 3.63) is 59.3 Å². The van der Waals surface area contributed by atoms with Gasteiger partial charge >= 0.3 is 0 Å². The molecular formula is C17H15F2N3O3. The SMILES string of the molecule is CCO[C@]1(c2ccc(F)cc2)C(=O)N(CC(N)=O)c2nccc(F)c21. The molecule has 2 aromatic rings. The van der Waals surface area contributed by atoms with Crippen LogP contribution >= 0.6 is 0 Å². The van der Waals surface area contributed by atoms with Gasteiger partial charge in [-0.1, -0.05) is 12.1 Å². The van der Waals surface area contributed by atoms with Crippen LogP contribution in [0.3, 0.4) is 0 Å². The highest BCUT2D eigenvalue weighted by molar-refractivity contribution is 6.10. The Morgan fingerprint density at radius 1 is 1.28 bits per heavy atom. The van der Waals surface area contributed by atoms with Crippen LogP contribution in [0.5, 0.6) is 0 Å². The lowest BCUT2D eigenvalue weighted by molar-refractivity contribution is -0.138. The molecule has 2 amide bonds. The molecule has 1 aromatic carbocycles. The second-order valence-corrected chi connectivity index (χ2v) is 5.47. The van der Waals surface area contributed by atoms with Gasteiger partial charge < -0.3 is 10.5 Å². The summed E-state index contributed by atoms with van der Waals surface area (Å²) in [5, 5.41) is 0. The third-order valence-electron chi connectivity index (χ3n) is 3.96. The maximum atomic E-state index is 14.7. The fourth-order valence-electron chi connectivity index (χ4n) is 3.04. The Labute approximate surface area is 142 Å². The van der Waals surface area contributed by atoms with Crippen LogP contribution in [0.25, 0.3) is 0 Å². The molecule has 1 atom stereocenters. The van der Waals surface area contributed by atoms with Crippen molar-refractivity contribution < 1.29 is 23.1 Å². The highest BCUT2D eigenvalue weighted by Crippen LogP contribution is 2.47. The molecule has 3 rings (SSSR count). The number of ether oxygens (including phenoxy) is 1. The molecule has 1 aliphatic rings. The molecular weight excluding hydrogens is 332 g/mol. The van der Waals surface area contributed by atoms with Gasteiger partial charge in [0.2, 0.25) is 11.5 Å². The van der Waals surface area contributed by atoms with Crippen LogP contribution in [0.15, 0.2) is 36.5 Å². The summed E-state index contributed by atoms with van der Waals surface area (Å²) >= 11 is 0. The van der Waals surface area contributed by atoms with Crippen molar-refractivity contribution in [3.63, 3.8) is 0 Å². The van der Waals surface area contributed by atoms with Gasteiger partial charge in [-0.05, 0) is 30.7 Å². The van der Waals surface area contributed by atoms with Gasteiger partial charge in [0.05, 0.1) is 5.56 Å². The molecule has 0 radical (unpaired) electrons. The number of carbonyl (C=O) groups excluding carboxylic acids is 2. The molecule has 0 spiro atoms. The first kappa shape index (κ1) is 17.0. The number of primary amides is 1. The van der Waals surface area contributed by atoms with Crippen molar-refractivity contribution in [2.24, 2.45) is 5.73 Å². The summed E-state index contributed by atoms with van der Waals surface area (Å²) in [5.41, 5.74) is 3.47. The predicted molar refractivity (Wildman–Crippen MR) is 84.5 cm³/mol. The number of pyridine rings is 1. The summed E-state index contributed by atoms with van der Waals surface area (Å²) in [4.78, 5) is 29.5. The molecule has 0 aliphatic carbocycles. The lowest BCUT2D eigenvalue weighted by Gasteiger charge is -2.29. The fraction of sp³-hybridized carbons (Fsp3) is 0.235. The summed E-state index contributed by atoms with van der Waals surface area (Å²) in [6, 6.07) is 6.07. The second kappa shape index (κ2) is 6.21. The standard InChI is InChI=1S/C17H15F2N3O3/c1-2-25-17(10-3-5-11(18)6-4-10)14-12(19)7-8-21-15(14)22(16(17)24)9-13(20)23/h3-8H,2,9H2,1H3,(H2,20,23)/t17-/m0/s1. The van der Waals surface area contributed by atoms with E-state index < -0.39 is 35.6 Å². The molecule has 0 saturated heterocycles. The lowest BCUT2D eigenvalue weighted by atomic mass is 9.87. The van der Waals surface area contributed by atoms with Gasteiger partial charge in [0.25, 0.3) is 5.91 Å². The van der Waals surface area contributed by atoms with Crippen molar-refractivity contribution in [2.45, 2.75) is 12.5 Å². The van der Waals surface area contributed by atoms with Crippen LogP contribution in [0.1, 0.15) is 18.1 Å². The zero-order chi connectivity index (χ0) is 18.2. The number of halogens is 2. The van der Waals surface area contributed by atoms with Gasteiger partial charge in [-0.25, -0.2) is 13.8 Å². The van der Waals surface area contributed by atoms with Crippen molar-refractivity contribution in [1.82, 2.24) is 4.98 Å². The normalized spacial score (nSPS) is 19.2. The maximum absolute atomic E-state index is 14.7. The number of benzene rings is 1. The van der Waals surface area contributed by atoms with Gasteiger partial charge in [-0.15, -0.1) is 0 Å². The monoisotopic (exact) mass is 347 g/mol. The number of fused-ring (bicyclic) bond motifs is 1. The topological polar surface area (TPSA) is 85.5 Å². The number of nitrogens with zero attached hydrogens (tertiary/aromatic N) is 2. The molecule has 6 nitrogen and oxygen atoms in total. The number of hydrogen-bond donors (Lipinski definition) is 1. The van der Waals surface area contributed by atoms with E-state index in [1.807, 2.05) is 0 Å². The lowest BCUT2D eigenvalue weighted by Crippen LogP contribution is -2.46. The van der Waals surface area contributed by atoms with E-state index in [9.17, 15) is 18.4 Å². The van der Waals surface area contributed by atoms with Crippen molar-refractivity contribution in [1.29, 1.82) is 0 Å². The Kier molecular flexibility index (Phi) is 4.22. The first-order valence-corrected chi connectivity index (χ1v) is 7.57. The number of rotatable bonds is 5. The third-order valence-corrected chi connectivity index (χ3v) is 3.96. The van der Waals surface area contributed by atoms with Gasteiger partial charge in [0.1, 0.15) is 24.0 Å². The van der Waals surface area contributed by atoms with Gasteiger partial charge in [0, 0.05) is 12.8 Å². The summed E-state index contributed by atoms with van der Waals surface area (Å²) in [5.74, 6) is -2.75. The zero-order valence-corrected chi connectivity index (χ0v) is 13.3. The average molecular weight is 347 g/mol. The molecule has 0 unspecified atom stereocenters. The van der Waals surface area contributed by atoms with Crippen LogP contribution in [-0.2, 0) is 19.9 Å². The Hall–Kier alpha value is -2.87. The van der Waals surface area contributed by atoms with E-state index in [-0.39, 0.29) is 23.6 Å². The minimum Gasteiger partial charge on any atom is -0.368 e. The van der Waals surface area contributed by atoms with Crippen LogP contribution in [0.4, 0.5) is 14.6 Å². The number of carbonyl (C=O) groups is 2. The van der Waals surface area contributed by atoms with Crippen molar-refractivity contribution in [3.8, 4) is 0 Å². The Bertz CT molecular complexity index is 842. The van der Waals surface area contributed by atoms with Crippen LogP contribution < -0.4 is 10.6 Å². The van der Waals surface area contributed by atoms with Gasteiger partial charge in [0.15, 0.2) is 0 Å². The number of hydrogen-bond acceptors (Lipinski definition) is 4. The van der Waals surface area contributed by atoms with E-state index in [0.29, 0.717) is 0 Å². The molecule has 1 aliphatic heterocycles. The molecule has 8 heteroatoms.